The number of halogens is 1. The van der Waals surface area contributed by atoms with E-state index >= 15 is 0 Å². The molecule has 6 nitrogen and oxygen atoms in total. The van der Waals surface area contributed by atoms with Crippen LogP contribution in [0.4, 0.5) is 5.69 Å². The SMILES string of the molecule is CNC(C(=O)Nc1cccc(COC)c1)c1cnn(C)c1.Cl. The summed E-state index contributed by atoms with van der Waals surface area (Å²) < 4.78 is 6.77. The fourth-order valence-electron chi connectivity index (χ4n) is 2.16. The first kappa shape index (κ1) is 18.2. The molecule has 2 aromatic rings. The first-order chi connectivity index (χ1) is 10.1. The Morgan fingerprint density at radius 2 is 2.23 bits per heavy atom. The fraction of sp³-hybridized carbons (Fsp3) is 0.333. The predicted octanol–water partition coefficient (Wildman–Crippen LogP) is 1.89. The van der Waals surface area contributed by atoms with Gasteiger partial charge < -0.3 is 15.4 Å². The summed E-state index contributed by atoms with van der Waals surface area (Å²) >= 11 is 0. The Labute approximate surface area is 136 Å². The molecule has 7 heteroatoms. The van der Waals surface area contributed by atoms with Crippen LogP contribution in [0, 0.1) is 0 Å². The number of methoxy groups -OCH3 is 1. The lowest BCUT2D eigenvalue weighted by molar-refractivity contribution is -0.118. The molecule has 0 saturated heterocycles. The van der Waals surface area contributed by atoms with E-state index in [1.165, 1.54) is 0 Å². The summed E-state index contributed by atoms with van der Waals surface area (Å²) in [6, 6.07) is 7.16. The van der Waals surface area contributed by atoms with E-state index in [0.717, 1.165) is 16.8 Å². The third-order valence-electron chi connectivity index (χ3n) is 3.11. The number of amides is 1. The molecule has 1 amide bonds. The van der Waals surface area contributed by atoms with Gasteiger partial charge in [0.2, 0.25) is 5.91 Å². The van der Waals surface area contributed by atoms with E-state index in [1.54, 1.807) is 25.0 Å². The van der Waals surface area contributed by atoms with Crippen LogP contribution in [-0.2, 0) is 23.2 Å². The monoisotopic (exact) mass is 324 g/mol. The number of hydrogen-bond donors (Lipinski definition) is 2. The third-order valence-corrected chi connectivity index (χ3v) is 3.11. The molecule has 2 rings (SSSR count). The normalized spacial score (nSPS) is 11.6. The number of aryl methyl sites for hydroxylation is 1. The molecule has 0 aliphatic carbocycles. The number of carbonyl (C=O) groups is 1. The van der Waals surface area contributed by atoms with Crippen LogP contribution in [0.5, 0.6) is 0 Å². The van der Waals surface area contributed by atoms with Crippen molar-refractivity contribution in [2.75, 3.05) is 19.5 Å². The van der Waals surface area contributed by atoms with Gasteiger partial charge in [0.15, 0.2) is 0 Å². The Balaban J connectivity index is 0.00000242. The molecule has 1 aromatic heterocycles. The number of likely N-dealkylation sites (N-methyl/N-ethyl adjacent to an activating group) is 1. The number of rotatable bonds is 6. The maximum Gasteiger partial charge on any atom is 0.246 e. The highest BCUT2D eigenvalue weighted by Crippen LogP contribution is 2.16. The summed E-state index contributed by atoms with van der Waals surface area (Å²) in [5.74, 6) is -0.125. The predicted molar refractivity (Wildman–Crippen MR) is 88.0 cm³/mol. The molecule has 0 radical (unpaired) electrons. The summed E-state index contributed by atoms with van der Waals surface area (Å²) in [4.78, 5) is 12.4. The largest absolute Gasteiger partial charge is 0.380 e. The molecule has 1 heterocycles. The minimum atomic E-state index is -0.440. The zero-order valence-electron chi connectivity index (χ0n) is 12.9. The molecule has 0 bridgehead atoms. The van der Waals surface area contributed by atoms with E-state index in [1.807, 2.05) is 37.5 Å². The molecule has 0 saturated carbocycles. The summed E-state index contributed by atoms with van der Waals surface area (Å²) in [5, 5.41) is 10.0. The maximum absolute atomic E-state index is 12.4. The molecule has 1 atom stereocenters. The van der Waals surface area contributed by atoms with Crippen molar-refractivity contribution in [3.8, 4) is 0 Å². The van der Waals surface area contributed by atoms with Gasteiger partial charge in [0.1, 0.15) is 6.04 Å². The number of ether oxygens (including phenoxy) is 1. The number of anilines is 1. The van der Waals surface area contributed by atoms with Gasteiger partial charge >= 0.3 is 0 Å². The number of nitrogens with one attached hydrogen (secondary N) is 2. The van der Waals surface area contributed by atoms with Gasteiger partial charge in [-0.15, -0.1) is 12.4 Å². The molecule has 22 heavy (non-hydrogen) atoms. The summed E-state index contributed by atoms with van der Waals surface area (Å²) in [6.07, 6.45) is 3.50. The topological polar surface area (TPSA) is 68.2 Å². The highest BCUT2D eigenvalue weighted by Gasteiger charge is 2.20. The van der Waals surface area contributed by atoms with E-state index in [-0.39, 0.29) is 18.3 Å². The van der Waals surface area contributed by atoms with Crippen molar-refractivity contribution in [3.05, 3.63) is 47.8 Å². The van der Waals surface area contributed by atoms with Crippen LogP contribution in [0.15, 0.2) is 36.7 Å². The van der Waals surface area contributed by atoms with E-state index in [2.05, 4.69) is 15.7 Å². The summed E-state index contributed by atoms with van der Waals surface area (Å²) in [5.41, 5.74) is 2.59. The number of benzene rings is 1. The summed E-state index contributed by atoms with van der Waals surface area (Å²) in [6.45, 7) is 0.516. The second kappa shape index (κ2) is 8.53. The molecule has 1 aromatic carbocycles. The van der Waals surface area contributed by atoms with Crippen molar-refractivity contribution in [1.82, 2.24) is 15.1 Å². The van der Waals surface area contributed by atoms with E-state index in [4.69, 9.17) is 4.74 Å². The Morgan fingerprint density at radius 3 is 2.82 bits per heavy atom. The highest BCUT2D eigenvalue weighted by atomic mass is 35.5. The average molecular weight is 325 g/mol. The van der Waals surface area contributed by atoms with Crippen LogP contribution < -0.4 is 10.6 Å². The van der Waals surface area contributed by atoms with Crippen LogP contribution in [0.25, 0.3) is 0 Å². The van der Waals surface area contributed by atoms with Gasteiger partial charge in [-0.2, -0.15) is 5.10 Å². The van der Waals surface area contributed by atoms with Gasteiger partial charge in [-0.3, -0.25) is 9.48 Å². The first-order valence-electron chi connectivity index (χ1n) is 6.68. The Hall–Kier alpha value is -1.89. The second-order valence-corrected chi connectivity index (χ2v) is 4.79. The van der Waals surface area contributed by atoms with Crippen LogP contribution >= 0.6 is 12.4 Å². The molecule has 0 fully saturated rings. The molecular formula is C15H21ClN4O2. The summed E-state index contributed by atoms with van der Waals surface area (Å²) in [7, 11) is 5.21. The zero-order valence-corrected chi connectivity index (χ0v) is 13.7. The molecule has 120 valence electrons. The van der Waals surface area contributed by atoms with E-state index in [9.17, 15) is 4.79 Å². The lowest BCUT2D eigenvalue weighted by Crippen LogP contribution is -2.30. The van der Waals surface area contributed by atoms with Crippen molar-refractivity contribution < 1.29 is 9.53 Å². The van der Waals surface area contributed by atoms with Crippen LogP contribution in [-0.4, -0.2) is 29.8 Å². The minimum Gasteiger partial charge on any atom is -0.380 e. The highest BCUT2D eigenvalue weighted by molar-refractivity contribution is 5.95. The van der Waals surface area contributed by atoms with Crippen LogP contribution in [0.3, 0.4) is 0 Å². The van der Waals surface area contributed by atoms with Crippen LogP contribution in [0.2, 0.25) is 0 Å². The number of aromatic nitrogens is 2. The van der Waals surface area contributed by atoms with Gasteiger partial charge in [0, 0.05) is 31.6 Å². The van der Waals surface area contributed by atoms with Crippen LogP contribution in [0.1, 0.15) is 17.2 Å². The second-order valence-electron chi connectivity index (χ2n) is 4.79. The Kier molecular flexibility index (Phi) is 7.04. The Morgan fingerprint density at radius 1 is 1.45 bits per heavy atom. The Bertz CT molecular complexity index is 615. The molecule has 2 N–H and O–H groups in total. The van der Waals surface area contributed by atoms with Gasteiger partial charge in [-0.05, 0) is 24.7 Å². The quantitative estimate of drug-likeness (QED) is 0.851. The standard InChI is InChI=1S/C15H20N4O2.ClH/c1-16-14(12-8-17-19(2)9-12)15(20)18-13-6-4-5-11(7-13)10-21-3;/h4-9,14,16H,10H2,1-3H3,(H,18,20);1H. The lowest BCUT2D eigenvalue weighted by Gasteiger charge is -2.15. The molecule has 1 unspecified atom stereocenters. The number of hydrogen-bond acceptors (Lipinski definition) is 4. The van der Waals surface area contributed by atoms with Crippen molar-refractivity contribution in [3.63, 3.8) is 0 Å². The van der Waals surface area contributed by atoms with Gasteiger partial charge in [0.25, 0.3) is 0 Å². The first-order valence-corrected chi connectivity index (χ1v) is 6.68. The third kappa shape index (κ3) is 4.56. The van der Waals surface area contributed by atoms with Crippen molar-refractivity contribution >= 4 is 24.0 Å². The molecule has 0 spiro atoms. The zero-order chi connectivity index (χ0) is 15.2. The van der Waals surface area contributed by atoms with Gasteiger partial charge in [-0.1, -0.05) is 12.1 Å². The lowest BCUT2D eigenvalue weighted by atomic mass is 10.1. The molecule has 0 aliphatic rings. The van der Waals surface area contributed by atoms with E-state index < -0.39 is 6.04 Å². The number of nitrogens with zero attached hydrogens (tertiary/aromatic N) is 2. The van der Waals surface area contributed by atoms with E-state index in [0.29, 0.717) is 6.61 Å². The van der Waals surface area contributed by atoms with Crippen molar-refractivity contribution in [2.24, 2.45) is 7.05 Å². The van der Waals surface area contributed by atoms with Gasteiger partial charge in [-0.25, -0.2) is 0 Å². The smallest absolute Gasteiger partial charge is 0.246 e. The number of carbonyl (C=O) groups excluding carboxylic acids is 1. The molecular weight excluding hydrogens is 304 g/mol. The minimum absolute atomic E-state index is 0. The average Bonchev–Trinajstić information content (AvgIpc) is 2.87. The molecule has 0 aliphatic heterocycles. The maximum atomic E-state index is 12.4. The van der Waals surface area contributed by atoms with Gasteiger partial charge in [0.05, 0.1) is 12.8 Å². The van der Waals surface area contributed by atoms with Crippen molar-refractivity contribution in [1.29, 1.82) is 0 Å². The van der Waals surface area contributed by atoms with Crippen molar-refractivity contribution in [2.45, 2.75) is 12.6 Å². The fourth-order valence-corrected chi connectivity index (χ4v) is 2.16.